The molecule has 18 N–H and O–H groups in total. The van der Waals surface area contributed by atoms with Crippen molar-refractivity contribution in [1.29, 1.82) is 0 Å². The Hall–Kier alpha value is -2.14. The summed E-state index contributed by atoms with van der Waals surface area (Å²) in [6.45, 7) is 1.11. The molecule has 2 amide bonds. The Morgan fingerprint density at radius 3 is 1.24 bits per heavy atom. The van der Waals surface area contributed by atoms with Crippen LogP contribution in [0.2, 0.25) is 0 Å². The van der Waals surface area contributed by atoms with Crippen LogP contribution in [0.5, 0.6) is 0 Å². The van der Waals surface area contributed by atoms with E-state index in [9.17, 15) is 91.3 Å². The van der Waals surface area contributed by atoms with Crippen molar-refractivity contribution in [3.63, 3.8) is 0 Å². The molecule has 0 aromatic heterocycles. The third-order valence-electron chi connectivity index (χ3n) is 13.1. The summed E-state index contributed by atoms with van der Waals surface area (Å²) in [6.07, 6.45) is -49.8. The number of hydrogen-bond acceptors (Lipinski definition) is 29. The fourth-order valence-electron chi connectivity index (χ4n) is 9.07. The first kappa shape index (κ1) is 58.1. The zero-order valence-corrected chi connectivity index (χ0v) is 38.6. The van der Waals surface area contributed by atoms with E-state index in [1.54, 1.807) is 0 Å². The van der Waals surface area contributed by atoms with Crippen LogP contribution in [0, 0.1) is 0 Å². The van der Waals surface area contributed by atoms with Crippen molar-refractivity contribution in [3.05, 3.63) is 0 Å². The maximum atomic E-state index is 12.6. The molecule has 0 aliphatic carbocycles. The van der Waals surface area contributed by atoms with E-state index in [2.05, 4.69) is 10.6 Å². The summed E-state index contributed by atoms with van der Waals surface area (Å²) in [6, 6.07) is -3.33. The molecular formula is C40H68N2O29. The summed E-state index contributed by atoms with van der Waals surface area (Å²) >= 11 is 0. The second-order valence-electron chi connectivity index (χ2n) is 18.2. The van der Waals surface area contributed by atoms with Gasteiger partial charge in [-0.05, 0) is 13.8 Å². The van der Waals surface area contributed by atoms with E-state index in [1.807, 2.05) is 0 Å². The van der Waals surface area contributed by atoms with Crippen molar-refractivity contribution in [2.45, 2.75) is 212 Å². The average Bonchev–Trinajstić information content (AvgIpc) is 3.32. The van der Waals surface area contributed by atoms with Gasteiger partial charge in [0.15, 0.2) is 37.7 Å². The Bertz CT molecular complexity index is 1710. The van der Waals surface area contributed by atoms with Gasteiger partial charge >= 0.3 is 0 Å². The first-order valence-electron chi connectivity index (χ1n) is 22.8. The molecule has 6 aliphatic heterocycles. The summed E-state index contributed by atoms with van der Waals surface area (Å²) < 4.78 is 63.3. The molecule has 0 radical (unpaired) electrons. The van der Waals surface area contributed by atoms with Crippen LogP contribution in [0.3, 0.4) is 0 Å². The molecule has 30 atom stereocenters. The first-order chi connectivity index (χ1) is 33.4. The Labute approximate surface area is 403 Å². The minimum atomic E-state index is -2.06. The summed E-state index contributed by atoms with van der Waals surface area (Å²) in [5.74, 6) is -1.58. The number of carbonyl (C=O) groups is 2. The Kier molecular flexibility index (Phi) is 20.2. The predicted molar refractivity (Wildman–Crippen MR) is 220 cm³/mol. The predicted octanol–water partition coefficient (Wildman–Crippen LogP) is -11.8. The van der Waals surface area contributed by atoms with Gasteiger partial charge in [0.1, 0.15) is 134 Å². The number of ether oxygens (including phenoxy) is 11. The van der Waals surface area contributed by atoms with Gasteiger partial charge in [-0.2, -0.15) is 0 Å². The Balaban J connectivity index is 1.21. The van der Waals surface area contributed by atoms with Crippen LogP contribution in [-0.2, 0) is 61.7 Å². The van der Waals surface area contributed by atoms with Crippen molar-refractivity contribution in [1.82, 2.24) is 10.6 Å². The van der Waals surface area contributed by atoms with Crippen LogP contribution in [0.15, 0.2) is 0 Å². The van der Waals surface area contributed by atoms with Crippen LogP contribution >= 0.6 is 0 Å². The zero-order valence-electron chi connectivity index (χ0n) is 38.6. The van der Waals surface area contributed by atoms with Gasteiger partial charge < -0.3 is 144 Å². The summed E-state index contributed by atoms with van der Waals surface area (Å²) in [5, 5.41) is 176. The third-order valence-corrected chi connectivity index (χ3v) is 13.1. The van der Waals surface area contributed by atoms with Crippen molar-refractivity contribution in [2.75, 3.05) is 26.4 Å². The molecule has 6 saturated heterocycles. The number of aliphatic hydroxyl groups excluding tert-OH is 16. The van der Waals surface area contributed by atoms with E-state index < -0.39 is 222 Å². The molecule has 6 aliphatic rings. The van der Waals surface area contributed by atoms with Crippen molar-refractivity contribution < 1.29 is 143 Å². The number of amides is 2. The molecule has 0 aromatic carbocycles. The van der Waals surface area contributed by atoms with Crippen molar-refractivity contribution in [2.24, 2.45) is 0 Å². The molecule has 31 nitrogen and oxygen atoms in total. The lowest BCUT2D eigenvalue weighted by molar-refractivity contribution is -0.385. The molecule has 0 bridgehead atoms. The van der Waals surface area contributed by atoms with E-state index in [0.717, 1.165) is 13.8 Å². The topological polar surface area (TPSA) is 483 Å². The number of nitrogens with one attached hydrogen (secondary N) is 2. The average molecular weight is 1040 g/mol. The normalized spacial score (nSPS) is 50.8. The van der Waals surface area contributed by atoms with Gasteiger partial charge in [-0.3, -0.25) is 9.59 Å². The molecule has 0 aromatic rings. The van der Waals surface area contributed by atoms with E-state index in [1.165, 1.54) is 13.8 Å². The highest BCUT2D eigenvalue weighted by Crippen LogP contribution is 2.36. The van der Waals surface area contributed by atoms with Crippen LogP contribution < -0.4 is 10.6 Å². The van der Waals surface area contributed by atoms with E-state index in [4.69, 9.17) is 52.1 Å². The highest BCUT2D eigenvalue weighted by atomic mass is 16.8. The first-order valence-corrected chi connectivity index (χ1v) is 22.8. The standard InChI is InChI=1S/C40H68N2O29/c1-9-19(48)25(54)29(58)37(62-9)70-33-27(56)21(50)13(5-43)65-39(33)68-31-15(7-45)67-36(17(24(31)53)41-11(3)46)61-8-16-23(52)32(18(35(60)64-16)42-12(4)47)69-40-34(28(57)22(51)14(6-44)66-40)71-38-30(59)26(55)20(49)10(2)63-38/h9-10,13-40,43-45,48-60H,5-8H2,1-4H3,(H,41,46)(H,42,47)/t9-,10-,13+,14+,15+,16+,17+,18+,19+,20+,21-,22-,23-,24+,25+,26+,27-,28-,29-,30-,31+,32+,33+,34+,35+,36+,37-,38-,39-,40-/m0/s1. The van der Waals surface area contributed by atoms with E-state index in [-0.39, 0.29) is 0 Å². The molecule has 6 heterocycles. The van der Waals surface area contributed by atoms with Crippen molar-refractivity contribution >= 4 is 11.8 Å². The van der Waals surface area contributed by atoms with Crippen LogP contribution in [0.1, 0.15) is 27.7 Å². The number of aliphatic hydroxyl groups is 16. The van der Waals surface area contributed by atoms with Gasteiger partial charge in [0.2, 0.25) is 11.8 Å². The lowest BCUT2D eigenvalue weighted by Gasteiger charge is -2.49. The second kappa shape index (κ2) is 24.7. The summed E-state index contributed by atoms with van der Waals surface area (Å²) in [4.78, 5) is 24.9. The van der Waals surface area contributed by atoms with Crippen LogP contribution in [0.25, 0.3) is 0 Å². The van der Waals surface area contributed by atoms with Gasteiger partial charge in [-0.25, -0.2) is 0 Å². The molecule has 412 valence electrons. The number of carbonyl (C=O) groups excluding carboxylic acids is 2. The maximum absolute atomic E-state index is 12.6. The summed E-state index contributed by atoms with van der Waals surface area (Å²) in [7, 11) is 0. The fourth-order valence-corrected chi connectivity index (χ4v) is 9.07. The zero-order chi connectivity index (χ0) is 52.5. The van der Waals surface area contributed by atoms with Crippen molar-refractivity contribution in [3.8, 4) is 0 Å². The molecule has 0 spiro atoms. The van der Waals surface area contributed by atoms with Crippen LogP contribution in [0.4, 0.5) is 0 Å². The fraction of sp³-hybridized carbons (Fsp3) is 0.950. The molecule has 31 heteroatoms. The lowest BCUT2D eigenvalue weighted by atomic mass is 9.94. The minimum absolute atomic E-state index is 0.786. The second-order valence-corrected chi connectivity index (χ2v) is 18.2. The third kappa shape index (κ3) is 12.6. The maximum Gasteiger partial charge on any atom is 0.217 e. The Morgan fingerprint density at radius 2 is 0.803 bits per heavy atom. The van der Waals surface area contributed by atoms with E-state index in [0.29, 0.717) is 0 Å². The number of rotatable bonds is 16. The van der Waals surface area contributed by atoms with Crippen LogP contribution in [-0.4, -0.2) is 304 Å². The smallest absolute Gasteiger partial charge is 0.217 e. The van der Waals surface area contributed by atoms with Gasteiger partial charge in [-0.1, -0.05) is 0 Å². The molecule has 0 unspecified atom stereocenters. The molecule has 71 heavy (non-hydrogen) atoms. The highest BCUT2D eigenvalue weighted by Gasteiger charge is 2.57. The summed E-state index contributed by atoms with van der Waals surface area (Å²) in [5.41, 5.74) is 0. The lowest BCUT2D eigenvalue weighted by Crippen LogP contribution is -2.69. The monoisotopic (exact) mass is 1040 g/mol. The van der Waals surface area contributed by atoms with E-state index >= 15 is 0 Å². The van der Waals surface area contributed by atoms with Gasteiger partial charge in [0, 0.05) is 13.8 Å². The minimum Gasteiger partial charge on any atom is -0.394 e. The van der Waals surface area contributed by atoms with Gasteiger partial charge in [0.05, 0.1) is 38.6 Å². The number of hydrogen-bond donors (Lipinski definition) is 18. The Morgan fingerprint density at radius 1 is 0.394 bits per heavy atom. The highest BCUT2D eigenvalue weighted by molar-refractivity contribution is 5.73. The molecule has 6 fully saturated rings. The van der Waals surface area contributed by atoms with Gasteiger partial charge in [-0.15, -0.1) is 0 Å². The largest absolute Gasteiger partial charge is 0.394 e. The van der Waals surface area contributed by atoms with Gasteiger partial charge in [0.25, 0.3) is 0 Å². The molecule has 6 rings (SSSR count). The SMILES string of the molecule is CC(=O)N[C@@H]1[C@@H](O[C@@H]2O[C@H](CO)[C@H](O)[C@H](O)[C@H]2O[C@@H]2O[C@@H](C)[C@@H](O)[C@@H](O)[C@@H]2O)[C@@H](O)[C@@H](CO[C@@H]2O[C@H](CO)[C@@H](O[C@@H]3O[C@H](CO)[C@H](O)[C@H](O)[C@H]3O[C@@H]3O[C@@H](C)[C@@H](O)[C@@H](O)[C@@H]3O)[C@H](O)[C@H]2NC(C)=O)O[C@H]1O. The molecule has 0 saturated carbocycles. The quantitative estimate of drug-likeness (QED) is 0.0682. The molecular weight excluding hydrogens is 972 g/mol.